The molecule has 0 atom stereocenters. The average Bonchev–Trinajstić information content (AvgIpc) is 3.33. The summed E-state index contributed by atoms with van der Waals surface area (Å²) in [6.45, 7) is 4.61. The molecule has 0 unspecified atom stereocenters. The van der Waals surface area contributed by atoms with Crippen LogP contribution in [0.4, 0.5) is 17.1 Å². The first-order chi connectivity index (χ1) is 20.9. The molecule has 8 rings (SSSR count). The van der Waals surface area contributed by atoms with Gasteiger partial charge >= 0.3 is 0 Å². The van der Waals surface area contributed by atoms with Crippen molar-refractivity contribution in [1.29, 1.82) is 0 Å². The van der Waals surface area contributed by atoms with Gasteiger partial charge in [-0.05, 0) is 98.9 Å². The van der Waals surface area contributed by atoms with Crippen molar-refractivity contribution in [3.05, 3.63) is 143 Å². The molecular weight excluding hydrogens is 530 g/mol. The van der Waals surface area contributed by atoms with Gasteiger partial charge in [0.25, 0.3) is 0 Å². The number of nitrogens with zero attached hydrogens (tertiary/aromatic N) is 1. The lowest BCUT2D eigenvalue weighted by Crippen LogP contribution is -2.30. The van der Waals surface area contributed by atoms with Crippen molar-refractivity contribution in [2.75, 3.05) is 12.0 Å². The fourth-order valence-electron chi connectivity index (χ4n) is 6.77. The molecule has 208 valence electrons. The summed E-state index contributed by atoms with van der Waals surface area (Å²) in [4.78, 5) is 15.7. The van der Waals surface area contributed by atoms with Crippen LogP contribution in [0.5, 0.6) is 11.5 Å². The molecule has 0 N–H and O–H groups in total. The summed E-state index contributed by atoms with van der Waals surface area (Å²) in [6.07, 6.45) is 1.86. The number of hydrogen-bond donors (Lipinski definition) is 0. The van der Waals surface area contributed by atoms with Crippen LogP contribution in [0.25, 0.3) is 27.6 Å². The van der Waals surface area contributed by atoms with Crippen LogP contribution in [0, 0.1) is 0 Å². The Labute approximate surface area is 250 Å². The lowest BCUT2D eigenvalue weighted by Gasteiger charge is -2.42. The molecule has 2 heterocycles. The molecule has 0 aromatic heterocycles. The number of ketones is 1. The smallest absolute Gasteiger partial charge is 0.231 e. The standard InChI is InChI=1S/C39H29NO3/c1-39(2)32-10-6-7-11-33(32)40(28-14-16-29(42-3)17-15-28)34-19-13-27-20-24(12-18-30(27)37(34)39)21-36-38(41)31-22-25-8-4-5-9-26(25)23-35(31)43-36/h4-23H,1-3H3/b36-21+. The summed E-state index contributed by atoms with van der Waals surface area (Å²) in [5, 5.41) is 4.39. The summed E-state index contributed by atoms with van der Waals surface area (Å²) in [7, 11) is 1.69. The minimum atomic E-state index is -0.234. The van der Waals surface area contributed by atoms with E-state index in [4.69, 9.17) is 9.47 Å². The van der Waals surface area contributed by atoms with Crippen LogP contribution in [0.3, 0.4) is 0 Å². The van der Waals surface area contributed by atoms with Gasteiger partial charge in [0.05, 0.1) is 24.0 Å². The summed E-state index contributed by atoms with van der Waals surface area (Å²) in [6, 6.07) is 39.6. The molecule has 0 bridgehead atoms. The first-order valence-corrected chi connectivity index (χ1v) is 14.5. The van der Waals surface area contributed by atoms with E-state index in [1.165, 1.54) is 22.2 Å². The quantitative estimate of drug-likeness (QED) is 0.202. The second-order valence-corrected chi connectivity index (χ2v) is 11.8. The number of para-hydroxylation sites is 1. The summed E-state index contributed by atoms with van der Waals surface area (Å²) in [5.74, 6) is 1.71. The van der Waals surface area contributed by atoms with Crippen molar-refractivity contribution in [2.45, 2.75) is 19.3 Å². The van der Waals surface area contributed by atoms with E-state index >= 15 is 0 Å². The zero-order valence-corrected chi connectivity index (χ0v) is 24.2. The molecule has 0 saturated carbocycles. The van der Waals surface area contributed by atoms with Gasteiger partial charge in [-0.15, -0.1) is 0 Å². The van der Waals surface area contributed by atoms with E-state index in [1.54, 1.807) is 7.11 Å². The third kappa shape index (κ3) is 3.87. The van der Waals surface area contributed by atoms with Crippen LogP contribution < -0.4 is 14.4 Å². The van der Waals surface area contributed by atoms with Gasteiger partial charge in [0, 0.05) is 11.1 Å². The van der Waals surface area contributed by atoms with Crippen molar-refractivity contribution < 1.29 is 14.3 Å². The lowest BCUT2D eigenvalue weighted by molar-refractivity contribution is 0.101. The molecule has 0 saturated heterocycles. The second-order valence-electron chi connectivity index (χ2n) is 11.8. The molecular formula is C39H29NO3. The van der Waals surface area contributed by atoms with Crippen LogP contribution in [0.15, 0.2) is 121 Å². The maximum atomic E-state index is 13.3. The van der Waals surface area contributed by atoms with Gasteiger partial charge in [0.15, 0.2) is 5.76 Å². The number of carbonyl (C=O) groups is 1. The highest BCUT2D eigenvalue weighted by molar-refractivity contribution is 6.16. The number of anilines is 3. The number of methoxy groups -OCH3 is 1. The van der Waals surface area contributed by atoms with Gasteiger partial charge in [0.2, 0.25) is 5.78 Å². The SMILES string of the molecule is COc1ccc(N2c3ccccc3C(C)(C)c3c2ccc2cc(/C=C4/Oc5cc6ccccc6cc5C4=O)ccc32)cc1. The zero-order valence-electron chi connectivity index (χ0n) is 24.2. The van der Waals surface area contributed by atoms with Crippen molar-refractivity contribution >= 4 is 50.5 Å². The molecule has 4 heteroatoms. The fraction of sp³-hybridized carbons (Fsp3) is 0.103. The number of allylic oxidation sites excluding steroid dienone is 1. The fourth-order valence-corrected chi connectivity index (χ4v) is 6.77. The predicted octanol–water partition coefficient (Wildman–Crippen LogP) is 9.73. The Bertz CT molecular complexity index is 2140. The summed E-state index contributed by atoms with van der Waals surface area (Å²) < 4.78 is 11.5. The summed E-state index contributed by atoms with van der Waals surface area (Å²) in [5.41, 5.74) is 7.25. The molecule has 0 aliphatic carbocycles. The van der Waals surface area contributed by atoms with E-state index < -0.39 is 0 Å². The summed E-state index contributed by atoms with van der Waals surface area (Å²) >= 11 is 0. The van der Waals surface area contributed by atoms with Crippen LogP contribution in [0.1, 0.15) is 40.9 Å². The van der Waals surface area contributed by atoms with E-state index in [0.717, 1.165) is 38.8 Å². The van der Waals surface area contributed by atoms with Crippen molar-refractivity contribution in [3.8, 4) is 11.5 Å². The zero-order chi connectivity index (χ0) is 29.3. The Morgan fingerprint density at radius 1 is 0.744 bits per heavy atom. The normalized spacial score (nSPS) is 15.7. The third-order valence-corrected chi connectivity index (χ3v) is 8.87. The van der Waals surface area contributed by atoms with Gasteiger partial charge in [-0.3, -0.25) is 4.79 Å². The van der Waals surface area contributed by atoms with Gasteiger partial charge in [0.1, 0.15) is 11.5 Å². The van der Waals surface area contributed by atoms with Gasteiger partial charge in [-0.2, -0.15) is 0 Å². The maximum absolute atomic E-state index is 13.3. The molecule has 6 aromatic carbocycles. The van der Waals surface area contributed by atoms with Crippen molar-refractivity contribution in [1.82, 2.24) is 0 Å². The molecule has 4 nitrogen and oxygen atoms in total. The topological polar surface area (TPSA) is 38.8 Å². The molecule has 2 aliphatic rings. The van der Waals surface area contributed by atoms with Crippen molar-refractivity contribution in [3.63, 3.8) is 0 Å². The molecule has 0 spiro atoms. The monoisotopic (exact) mass is 559 g/mol. The van der Waals surface area contributed by atoms with Crippen LogP contribution in [0.2, 0.25) is 0 Å². The van der Waals surface area contributed by atoms with Gasteiger partial charge in [-0.25, -0.2) is 0 Å². The van der Waals surface area contributed by atoms with Crippen LogP contribution in [-0.4, -0.2) is 12.9 Å². The highest BCUT2D eigenvalue weighted by atomic mass is 16.5. The largest absolute Gasteiger partial charge is 0.497 e. The molecule has 43 heavy (non-hydrogen) atoms. The first-order valence-electron chi connectivity index (χ1n) is 14.5. The molecule has 0 fully saturated rings. The van der Waals surface area contributed by atoms with E-state index in [1.807, 2.05) is 54.6 Å². The molecule has 6 aromatic rings. The van der Waals surface area contributed by atoms with Crippen LogP contribution >= 0.6 is 0 Å². The Hall–Kier alpha value is -5.35. The number of hydrogen-bond acceptors (Lipinski definition) is 4. The second kappa shape index (κ2) is 9.33. The van der Waals surface area contributed by atoms with E-state index in [0.29, 0.717) is 17.1 Å². The minimum Gasteiger partial charge on any atom is -0.497 e. The van der Waals surface area contributed by atoms with Gasteiger partial charge in [-0.1, -0.05) is 74.5 Å². The number of carbonyl (C=O) groups excluding carboxylic acids is 1. The lowest BCUT2D eigenvalue weighted by atomic mass is 9.71. The first kappa shape index (κ1) is 25.4. The van der Waals surface area contributed by atoms with Crippen LogP contribution in [-0.2, 0) is 5.41 Å². The van der Waals surface area contributed by atoms with Gasteiger partial charge < -0.3 is 14.4 Å². The number of fused-ring (bicyclic) bond motifs is 6. The number of rotatable bonds is 3. The Morgan fingerprint density at radius 3 is 2.28 bits per heavy atom. The number of ether oxygens (including phenoxy) is 2. The average molecular weight is 560 g/mol. The number of benzene rings is 6. The molecule has 2 aliphatic heterocycles. The highest BCUT2D eigenvalue weighted by Crippen LogP contribution is 2.54. The molecule has 0 amide bonds. The number of Topliss-reactive ketones (excluding diaryl/α,β-unsaturated/α-hetero) is 1. The van der Waals surface area contributed by atoms with E-state index in [-0.39, 0.29) is 11.2 Å². The molecule has 0 radical (unpaired) electrons. The Morgan fingerprint density at radius 2 is 1.49 bits per heavy atom. The Kier molecular flexibility index (Phi) is 5.51. The van der Waals surface area contributed by atoms with Crippen molar-refractivity contribution in [2.24, 2.45) is 0 Å². The Balaban J connectivity index is 1.24. The van der Waals surface area contributed by atoms with E-state index in [9.17, 15) is 4.79 Å². The minimum absolute atomic E-state index is 0.0841. The van der Waals surface area contributed by atoms with E-state index in [2.05, 4.69) is 85.5 Å². The third-order valence-electron chi connectivity index (χ3n) is 8.87. The predicted molar refractivity (Wildman–Crippen MR) is 174 cm³/mol. The maximum Gasteiger partial charge on any atom is 0.231 e. The highest BCUT2D eigenvalue weighted by Gasteiger charge is 2.38.